The van der Waals surface area contributed by atoms with Crippen molar-refractivity contribution in [1.29, 1.82) is 0 Å². The van der Waals surface area contributed by atoms with Crippen LogP contribution < -0.4 is 5.32 Å². The van der Waals surface area contributed by atoms with Crippen LogP contribution in [-0.2, 0) is 11.3 Å². The van der Waals surface area contributed by atoms with Gasteiger partial charge in [0.25, 0.3) is 0 Å². The van der Waals surface area contributed by atoms with E-state index in [4.69, 9.17) is 14.8 Å². The number of ether oxygens (including phenoxy) is 1. The van der Waals surface area contributed by atoms with Gasteiger partial charge in [0.2, 0.25) is 0 Å². The van der Waals surface area contributed by atoms with Gasteiger partial charge in [-0.15, -0.1) is 0 Å². The van der Waals surface area contributed by atoms with Crippen LogP contribution in [0, 0.1) is 0 Å². The lowest BCUT2D eigenvalue weighted by atomic mass is 10.1. The maximum atomic E-state index is 9.93. The van der Waals surface area contributed by atoms with Gasteiger partial charge in [0, 0.05) is 17.8 Å². The Kier molecular flexibility index (Phi) is 7.98. The third-order valence-corrected chi connectivity index (χ3v) is 4.70. The van der Waals surface area contributed by atoms with E-state index < -0.39 is 0 Å². The van der Waals surface area contributed by atoms with Gasteiger partial charge >= 0.3 is 0 Å². The Balaban J connectivity index is 1.80. The molecule has 7 heteroatoms. The molecule has 29 heavy (non-hydrogen) atoms. The molecule has 0 aliphatic carbocycles. The number of benzene rings is 1. The number of hydrogen-bond donors (Lipinski definition) is 4. The van der Waals surface area contributed by atoms with Gasteiger partial charge in [-0.25, -0.2) is 9.97 Å². The predicted molar refractivity (Wildman–Crippen MR) is 115 cm³/mol. The minimum Gasteiger partial charge on any atom is -0.394 e. The summed E-state index contributed by atoms with van der Waals surface area (Å²) >= 11 is 0. The number of anilines is 1. The van der Waals surface area contributed by atoms with Gasteiger partial charge in [-0.1, -0.05) is 43.7 Å². The molecule has 0 saturated heterocycles. The van der Waals surface area contributed by atoms with Crippen molar-refractivity contribution in [2.24, 2.45) is 0 Å². The molecule has 2 heterocycles. The van der Waals surface area contributed by atoms with E-state index in [9.17, 15) is 5.11 Å². The first kappa shape index (κ1) is 21.2. The summed E-state index contributed by atoms with van der Waals surface area (Å²) in [6.45, 7) is 3.47. The van der Waals surface area contributed by atoms with Gasteiger partial charge in [0.1, 0.15) is 11.5 Å². The standard InChI is InChI=1S/C22H30N4O3/c1-2-7-18(28)10-6-11-23-21-19-14-17(15-29-13-12-27)24-22(19)26-20(25-21)16-8-4-3-5-9-16/h3-5,8-9,14,18,27-28H,2,6-7,10-13,15H2,1H3,(H2,23,24,25,26)/t18-/m1/s1. The van der Waals surface area contributed by atoms with Crippen LogP contribution in [0.3, 0.4) is 0 Å². The minimum absolute atomic E-state index is 0.00508. The monoisotopic (exact) mass is 398 g/mol. The number of nitrogens with one attached hydrogen (secondary N) is 2. The molecule has 0 aliphatic rings. The first-order chi connectivity index (χ1) is 14.2. The van der Waals surface area contributed by atoms with Gasteiger partial charge in [0.05, 0.1) is 31.3 Å². The highest BCUT2D eigenvalue weighted by atomic mass is 16.5. The van der Waals surface area contributed by atoms with Crippen LogP contribution in [0.25, 0.3) is 22.4 Å². The molecule has 1 aromatic carbocycles. The number of aliphatic hydroxyl groups is 2. The fourth-order valence-electron chi connectivity index (χ4n) is 3.26. The Morgan fingerprint density at radius 3 is 2.76 bits per heavy atom. The molecule has 3 rings (SSSR count). The fourth-order valence-corrected chi connectivity index (χ4v) is 3.26. The molecular formula is C22H30N4O3. The molecule has 7 nitrogen and oxygen atoms in total. The van der Waals surface area contributed by atoms with Crippen molar-refractivity contribution in [1.82, 2.24) is 15.0 Å². The summed E-state index contributed by atoms with van der Waals surface area (Å²) in [7, 11) is 0. The number of nitrogens with zero attached hydrogens (tertiary/aromatic N) is 2. The van der Waals surface area contributed by atoms with E-state index in [0.29, 0.717) is 19.0 Å². The van der Waals surface area contributed by atoms with Crippen LogP contribution in [0.2, 0.25) is 0 Å². The molecule has 0 fully saturated rings. The van der Waals surface area contributed by atoms with Gasteiger partial charge in [-0.3, -0.25) is 0 Å². The molecule has 0 amide bonds. The van der Waals surface area contributed by atoms with E-state index >= 15 is 0 Å². The van der Waals surface area contributed by atoms with Crippen LogP contribution in [0.5, 0.6) is 0 Å². The Labute approximate surface area is 171 Å². The first-order valence-electron chi connectivity index (χ1n) is 10.3. The molecule has 0 bridgehead atoms. The average molecular weight is 399 g/mol. The summed E-state index contributed by atoms with van der Waals surface area (Å²) in [5, 5.41) is 23.1. The Morgan fingerprint density at radius 2 is 2.00 bits per heavy atom. The van der Waals surface area contributed by atoms with Crippen LogP contribution in [0.1, 0.15) is 38.3 Å². The van der Waals surface area contributed by atoms with E-state index in [2.05, 4.69) is 22.2 Å². The third-order valence-electron chi connectivity index (χ3n) is 4.70. The molecule has 1 atom stereocenters. The predicted octanol–water partition coefficient (Wildman–Crippen LogP) is 3.49. The number of fused-ring (bicyclic) bond motifs is 1. The highest BCUT2D eigenvalue weighted by molar-refractivity contribution is 5.89. The maximum Gasteiger partial charge on any atom is 0.163 e. The molecule has 156 valence electrons. The molecular weight excluding hydrogens is 368 g/mol. The second-order valence-electron chi connectivity index (χ2n) is 7.11. The van der Waals surface area contributed by atoms with Crippen LogP contribution >= 0.6 is 0 Å². The second kappa shape index (κ2) is 10.9. The minimum atomic E-state index is -0.241. The Hall–Kier alpha value is -2.48. The van der Waals surface area contributed by atoms with Gasteiger partial charge in [-0.05, 0) is 25.3 Å². The lowest BCUT2D eigenvalue weighted by Crippen LogP contribution is -2.10. The molecule has 0 aliphatic heterocycles. The normalized spacial score (nSPS) is 12.4. The number of rotatable bonds is 12. The molecule has 4 N–H and O–H groups in total. The number of aromatic nitrogens is 3. The quantitative estimate of drug-likeness (QED) is 0.348. The van der Waals surface area contributed by atoms with E-state index in [1.165, 1.54) is 0 Å². The molecule has 0 radical (unpaired) electrons. The van der Waals surface area contributed by atoms with Crippen molar-refractivity contribution in [3.8, 4) is 11.4 Å². The Morgan fingerprint density at radius 1 is 1.17 bits per heavy atom. The lowest BCUT2D eigenvalue weighted by molar-refractivity contribution is 0.0800. The zero-order valence-electron chi connectivity index (χ0n) is 16.9. The summed E-state index contributed by atoms with van der Waals surface area (Å²) in [4.78, 5) is 12.7. The number of hydrogen-bond acceptors (Lipinski definition) is 6. The topological polar surface area (TPSA) is 103 Å². The molecule has 0 spiro atoms. The molecule has 0 saturated carbocycles. The summed E-state index contributed by atoms with van der Waals surface area (Å²) in [5.41, 5.74) is 2.58. The van der Waals surface area contributed by atoms with Crippen LogP contribution in [0.15, 0.2) is 36.4 Å². The molecule has 2 aromatic heterocycles. The van der Waals surface area contributed by atoms with Crippen molar-refractivity contribution < 1.29 is 14.9 Å². The molecule has 0 unspecified atom stereocenters. The highest BCUT2D eigenvalue weighted by Gasteiger charge is 2.13. The smallest absolute Gasteiger partial charge is 0.163 e. The van der Waals surface area contributed by atoms with E-state index in [0.717, 1.165) is 60.3 Å². The largest absolute Gasteiger partial charge is 0.394 e. The third kappa shape index (κ3) is 6.00. The van der Waals surface area contributed by atoms with E-state index in [1.807, 2.05) is 36.4 Å². The average Bonchev–Trinajstić information content (AvgIpc) is 3.15. The van der Waals surface area contributed by atoms with E-state index in [-0.39, 0.29) is 12.7 Å². The fraction of sp³-hybridized carbons (Fsp3) is 0.455. The van der Waals surface area contributed by atoms with Gasteiger partial charge in [0.15, 0.2) is 5.82 Å². The summed E-state index contributed by atoms with van der Waals surface area (Å²) in [6, 6.07) is 11.9. The van der Waals surface area contributed by atoms with Crippen LogP contribution in [-0.4, -0.2) is 51.0 Å². The zero-order valence-corrected chi connectivity index (χ0v) is 16.9. The van der Waals surface area contributed by atoms with Crippen molar-refractivity contribution in [2.75, 3.05) is 25.1 Å². The van der Waals surface area contributed by atoms with E-state index in [1.54, 1.807) is 0 Å². The number of H-pyrrole nitrogens is 1. The number of aromatic amines is 1. The zero-order chi connectivity index (χ0) is 20.5. The van der Waals surface area contributed by atoms with Crippen molar-refractivity contribution in [3.05, 3.63) is 42.1 Å². The van der Waals surface area contributed by atoms with Crippen molar-refractivity contribution in [2.45, 2.75) is 45.3 Å². The van der Waals surface area contributed by atoms with Gasteiger partial charge < -0.3 is 25.3 Å². The maximum absolute atomic E-state index is 9.93. The Bertz CT molecular complexity index is 882. The summed E-state index contributed by atoms with van der Waals surface area (Å²) < 4.78 is 5.42. The van der Waals surface area contributed by atoms with Crippen LogP contribution in [0.4, 0.5) is 5.82 Å². The van der Waals surface area contributed by atoms with Gasteiger partial charge in [-0.2, -0.15) is 0 Å². The first-order valence-corrected chi connectivity index (χ1v) is 10.3. The van der Waals surface area contributed by atoms with Crippen molar-refractivity contribution >= 4 is 16.9 Å². The lowest BCUT2D eigenvalue weighted by Gasteiger charge is -2.11. The SMILES string of the molecule is CCC[C@@H](O)CCCNc1nc(-c2ccccc2)nc2[nH]c(COCCO)cc12. The highest BCUT2D eigenvalue weighted by Crippen LogP contribution is 2.26. The summed E-state index contributed by atoms with van der Waals surface area (Å²) in [6.07, 6.45) is 3.23. The van der Waals surface area contributed by atoms with Crippen molar-refractivity contribution in [3.63, 3.8) is 0 Å². The molecule has 3 aromatic rings. The summed E-state index contributed by atoms with van der Waals surface area (Å²) in [5.74, 6) is 1.42. The second-order valence-corrected chi connectivity index (χ2v) is 7.11. The number of aliphatic hydroxyl groups excluding tert-OH is 2.